The number of nitrogens with one attached hydrogen (secondary N) is 3. The van der Waals surface area contributed by atoms with Gasteiger partial charge < -0.3 is 128 Å². The van der Waals surface area contributed by atoms with Crippen LogP contribution >= 0.6 is 0 Å². The Kier molecular flexibility index (Phi) is 46.8. The van der Waals surface area contributed by atoms with Gasteiger partial charge in [0, 0.05) is 58.5 Å². The van der Waals surface area contributed by atoms with Gasteiger partial charge in [-0.1, -0.05) is 6.92 Å². The molecule has 12 N–H and O–H groups in total. The highest BCUT2D eigenvalue weighted by Crippen LogP contribution is 2.19. The number of rotatable bonds is 55. The van der Waals surface area contributed by atoms with Crippen molar-refractivity contribution in [3.05, 3.63) is 0 Å². The second-order valence-electron chi connectivity index (χ2n) is 17.3. The first-order valence-corrected chi connectivity index (χ1v) is 25.4. The lowest BCUT2D eigenvalue weighted by Crippen LogP contribution is -2.45. The monoisotopic (exact) mass is 1120 g/mol. The van der Waals surface area contributed by atoms with Crippen molar-refractivity contribution in [3.63, 3.8) is 0 Å². The number of ether oxygens (including phenoxy) is 14. The smallest absolute Gasteiger partial charge is 0.222 e. The zero-order chi connectivity index (χ0) is 56.8. The summed E-state index contributed by atoms with van der Waals surface area (Å²) in [5.41, 5.74) is -0.724. The summed E-state index contributed by atoms with van der Waals surface area (Å²) in [5.74, 6) is -0.779. The van der Waals surface area contributed by atoms with E-state index < -0.39 is 73.6 Å². The lowest BCUT2D eigenvalue weighted by atomic mass is 9.94. The van der Waals surface area contributed by atoms with Crippen molar-refractivity contribution in [2.75, 3.05) is 179 Å². The second kappa shape index (κ2) is 48.4. The standard InChI is InChI=1S/C47H93N3O26/c1-34(52)40(58)42(60)44(62)74-27-24-68-21-18-65-15-9-48-37(55)6-12-71-31-47(3,32-72-13-7-38(56)49-10-16-66-19-22-69-25-28-75-45(63-4)36(54)30-51)33-73-14-8-39(57)50-11-17-67-20-23-70-26-29-76-46(64-5)43(61)41(59)35(2)53/h34-36,40-46,51-54,58-62H,6-33H2,1-5H3,(H,48,55)(H,49,56)(H,50,57)/t34?,35?,36-,40?,41?,42?,43?,44?,45?,46?,47?/m1/s1. The number of aliphatic hydroxyl groups is 9. The number of aliphatic hydroxyl groups excluding tert-OH is 9. The zero-order valence-corrected chi connectivity index (χ0v) is 45.0. The third kappa shape index (κ3) is 39.8. The lowest BCUT2D eigenvalue weighted by Gasteiger charge is -2.29. The summed E-state index contributed by atoms with van der Waals surface area (Å²) >= 11 is 0. The molecule has 0 aliphatic carbocycles. The van der Waals surface area contributed by atoms with E-state index >= 15 is 0 Å². The van der Waals surface area contributed by atoms with Crippen molar-refractivity contribution in [2.45, 2.75) is 102 Å². The van der Waals surface area contributed by atoms with Crippen molar-refractivity contribution in [1.29, 1.82) is 0 Å². The van der Waals surface area contributed by atoms with Crippen LogP contribution in [0.3, 0.4) is 0 Å². The van der Waals surface area contributed by atoms with Crippen molar-refractivity contribution in [2.24, 2.45) is 5.41 Å². The predicted octanol–water partition coefficient (Wildman–Crippen LogP) is -5.47. The second-order valence-corrected chi connectivity index (χ2v) is 17.3. The van der Waals surface area contributed by atoms with Crippen LogP contribution in [-0.2, 0) is 80.7 Å². The SMILES string of the molecule is COC(OCCOCCOCCNC(=O)CCOCC(C)(COCCC(=O)NCCOCCOCCOC(O)C(O)C(O)C(C)O)COCCC(=O)NCCOCCOCCOC(OC)[C@H](O)CO)C(O)C(O)C(C)O. The highest BCUT2D eigenvalue weighted by Gasteiger charge is 2.31. The molecule has 0 heterocycles. The number of amides is 3. The molecular formula is C47H93N3O26. The molecule has 11 atom stereocenters. The van der Waals surface area contributed by atoms with E-state index in [1.165, 1.54) is 28.1 Å². The fraction of sp³-hybridized carbons (Fsp3) is 0.936. The van der Waals surface area contributed by atoms with E-state index in [0.717, 1.165) is 0 Å². The normalized spacial score (nSPS) is 16.7. The van der Waals surface area contributed by atoms with Crippen molar-refractivity contribution < 1.29 is 127 Å². The number of hydrogen-bond donors (Lipinski definition) is 12. The van der Waals surface area contributed by atoms with E-state index in [1.807, 2.05) is 6.92 Å². The van der Waals surface area contributed by atoms with Crippen LogP contribution in [0.15, 0.2) is 0 Å². The van der Waals surface area contributed by atoms with Gasteiger partial charge in [0.05, 0.1) is 158 Å². The molecule has 10 unspecified atom stereocenters. The predicted molar refractivity (Wildman–Crippen MR) is 264 cm³/mol. The molecule has 0 radical (unpaired) electrons. The van der Waals surface area contributed by atoms with Gasteiger partial charge in [-0.3, -0.25) is 14.4 Å². The third-order valence-corrected chi connectivity index (χ3v) is 10.4. The van der Waals surface area contributed by atoms with Gasteiger partial charge in [0.1, 0.15) is 30.5 Å². The quantitative estimate of drug-likeness (QED) is 0.0200. The molecule has 0 aromatic rings. The van der Waals surface area contributed by atoms with Crippen molar-refractivity contribution >= 4 is 17.7 Å². The molecular weight excluding hydrogens is 1020 g/mol. The Morgan fingerprint density at radius 2 is 0.724 bits per heavy atom. The van der Waals surface area contributed by atoms with E-state index in [4.69, 9.17) is 71.4 Å². The largest absolute Gasteiger partial charge is 0.393 e. The van der Waals surface area contributed by atoms with Crippen LogP contribution in [0.4, 0.5) is 0 Å². The van der Waals surface area contributed by atoms with Crippen molar-refractivity contribution in [1.82, 2.24) is 16.0 Å². The fourth-order valence-corrected chi connectivity index (χ4v) is 6.00. The van der Waals surface area contributed by atoms with Crippen LogP contribution in [0.25, 0.3) is 0 Å². The number of carbonyl (C=O) groups is 3. The molecule has 76 heavy (non-hydrogen) atoms. The maximum absolute atomic E-state index is 12.5. The molecule has 0 aliphatic heterocycles. The molecule has 29 heteroatoms. The average Bonchev–Trinajstić information content (AvgIpc) is 3.40. The molecule has 0 rings (SSSR count). The summed E-state index contributed by atoms with van der Waals surface area (Å²) in [6.07, 6.45) is -13.4. The van der Waals surface area contributed by atoms with Gasteiger partial charge in [-0.15, -0.1) is 0 Å². The van der Waals surface area contributed by atoms with Crippen LogP contribution in [0.5, 0.6) is 0 Å². The van der Waals surface area contributed by atoms with E-state index in [9.17, 15) is 55.2 Å². The Labute approximate surface area is 445 Å². The summed E-state index contributed by atoms with van der Waals surface area (Å²) < 4.78 is 75.6. The fourth-order valence-electron chi connectivity index (χ4n) is 6.00. The molecule has 0 bridgehead atoms. The summed E-state index contributed by atoms with van der Waals surface area (Å²) in [7, 11) is 2.64. The van der Waals surface area contributed by atoms with Gasteiger partial charge in [-0.2, -0.15) is 0 Å². The maximum Gasteiger partial charge on any atom is 0.222 e. The number of methoxy groups -OCH3 is 2. The Balaban J connectivity index is 4.60. The van der Waals surface area contributed by atoms with Gasteiger partial charge in [0.25, 0.3) is 0 Å². The summed E-state index contributed by atoms with van der Waals surface area (Å²) in [4.78, 5) is 37.3. The Hall–Kier alpha value is -2.51. The van der Waals surface area contributed by atoms with Gasteiger partial charge in [-0.05, 0) is 13.8 Å². The minimum absolute atomic E-state index is 0.0513. The summed E-state index contributed by atoms with van der Waals surface area (Å²) in [6.45, 7) is 8.01. The van der Waals surface area contributed by atoms with Gasteiger partial charge >= 0.3 is 0 Å². The molecule has 0 aromatic carbocycles. The van der Waals surface area contributed by atoms with E-state index in [-0.39, 0.29) is 195 Å². The first-order chi connectivity index (χ1) is 36.4. The molecule has 0 saturated heterocycles. The average molecular weight is 1120 g/mol. The molecule has 3 amide bonds. The molecule has 0 saturated carbocycles. The van der Waals surface area contributed by atoms with E-state index in [0.29, 0.717) is 0 Å². The van der Waals surface area contributed by atoms with Crippen LogP contribution in [0.1, 0.15) is 40.0 Å². The lowest BCUT2D eigenvalue weighted by molar-refractivity contribution is -0.217. The number of carbonyl (C=O) groups excluding carboxylic acids is 3. The van der Waals surface area contributed by atoms with E-state index in [2.05, 4.69) is 16.0 Å². The third-order valence-electron chi connectivity index (χ3n) is 10.4. The van der Waals surface area contributed by atoms with Crippen LogP contribution in [0.2, 0.25) is 0 Å². The Morgan fingerprint density at radius 1 is 0.408 bits per heavy atom. The molecule has 0 aliphatic rings. The first kappa shape index (κ1) is 73.5. The van der Waals surface area contributed by atoms with Crippen LogP contribution in [0, 0.1) is 5.41 Å². The van der Waals surface area contributed by atoms with Gasteiger partial charge in [0.2, 0.25) is 17.7 Å². The Morgan fingerprint density at radius 3 is 1.07 bits per heavy atom. The molecule has 0 spiro atoms. The van der Waals surface area contributed by atoms with Crippen molar-refractivity contribution in [3.8, 4) is 0 Å². The first-order valence-electron chi connectivity index (χ1n) is 25.4. The molecule has 0 aromatic heterocycles. The molecule has 0 fully saturated rings. The minimum atomic E-state index is -1.70. The topological polar surface area (TPSA) is 399 Å². The zero-order valence-electron chi connectivity index (χ0n) is 45.0. The highest BCUT2D eigenvalue weighted by molar-refractivity contribution is 5.76. The van der Waals surface area contributed by atoms with Gasteiger partial charge in [-0.25, -0.2) is 0 Å². The highest BCUT2D eigenvalue weighted by atomic mass is 16.7. The Bertz CT molecular complexity index is 1380. The van der Waals surface area contributed by atoms with E-state index in [1.54, 1.807) is 0 Å². The summed E-state index contributed by atoms with van der Waals surface area (Å²) in [6, 6.07) is 0. The summed E-state index contributed by atoms with van der Waals surface area (Å²) in [5, 5.41) is 94.4. The molecule has 29 nitrogen and oxygen atoms in total. The minimum Gasteiger partial charge on any atom is -0.393 e. The van der Waals surface area contributed by atoms with Gasteiger partial charge in [0.15, 0.2) is 18.9 Å². The number of hydrogen-bond acceptors (Lipinski definition) is 26. The maximum atomic E-state index is 12.5. The van der Waals surface area contributed by atoms with Crippen LogP contribution in [-0.4, -0.2) is 304 Å². The van der Waals surface area contributed by atoms with Crippen LogP contribution < -0.4 is 16.0 Å². The molecule has 452 valence electrons.